The molecule has 1 saturated heterocycles. The number of amides is 2. The summed E-state index contributed by atoms with van der Waals surface area (Å²) < 4.78 is 0. The van der Waals surface area contributed by atoms with Crippen molar-refractivity contribution in [3.05, 3.63) is 65.7 Å². The fourth-order valence-electron chi connectivity index (χ4n) is 3.35. The second-order valence-electron chi connectivity index (χ2n) is 7.10. The molecule has 0 spiro atoms. The van der Waals surface area contributed by atoms with E-state index >= 15 is 0 Å². The van der Waals surface area contributed by atoms with Gasteiger partial charge in [-0.05, 0) is 49.6 Å². The van der Waals surface area contributed by atoms with Gasteiger partial charge in [0.1, 0.15) is 0 Å². The molecule has 3 rings (SSSR count). The van der Waals surface area contributed by atoms with Gasteiger partial charge in [-0.15, -0.1) is 0 Å². The maximum absolute atomic E-state index is 12.6. The highest BCUT2D eigenvalue weighted by Gasteiger charge is 2.27. The number of anilines is 1. The molecule has 2 aromatic carbocycles. The Labute approximate surface area is 164 Å². The Morgan fingerprint density at radius 2 is 1.61 bits per heavy atom. The highest BCUT2D eigenvalue weighted by Crippen LogP contribution is 2.21. The molecule has 0 radical (unpaired) electrons. The summed E-state index contributed by atoms with van der Waals surface area (Å²) >= 11 is 0. The lowest BCUT2D eigenvalue weighted by Gasteiger charge is -2.30. The molecular formula is C22H24N2O4. The number of aliphatic carboxylic acids is 1. The van der Waals surface area contributed by atoms with Crippen molar-refractivity contribution < 1.29 is 19.5 Å². The van der Waals surface area contributed by atoms with Crippen molar-refractivity contribution in [1.29, 1.82) is 0 Å². The van der Waals surface area contributed by atoms with Crippen molar-refractivity contribution in [1.82, 2.24) is 4.90 Å². The van der Waals surface area contributed by atoms with Gasteiger partial charge in [-0.3, -0.25) is 14.4 Å². The zero-order chi connectivity index (χ0) is 20.1. The fourth-order valence-corrected chi connectivity index (χ4v) is 3.35. The molecule has 6 heteroatoms. The van der Waals surface area contributed by atoms with Crippen LogP contribution in [0.4, 0.5) is 5.69 Å². The molecular weight excluding hydrogens is 356 g/mol. The van der Waals surface area contributed by atoms with E-state index in [9.17, 15) is 14.4 Å². The van der Waals surface area contributed by atoms with Crippen molar-refractivity contribution in [2.24, 2.45) is 5.92 Å². The monoisotopic (exact) mass is 380 g/mol. The Kier molecular flexibility index (Phi) is 6.09. The summed E-state index contributed by atoms with van der Waals surface area (Å²) in [4.78, 5) is 37.7. The van der Waals surface area contributed by atoms with Gasteiger partial charge < -0.3 is 15.3 Å². The third kappa shape index (κ3) is 4.57. The lowest BCUT2D eigenvalue weighted by molar-refractivity contribution is -0.143. The van der Waals surface area contributed by atoms with Crippen LogP contribution in [0.15, 0.2) is 54.6 Å². The van der Waals surface area contributed by atoms with Crippen LogP contribution in [0.3, 0.4) is 0 Å². The Morgan fingerprint density at radius 1 is 1.00 bits per heavy atom. The van der Waals surface area contributed by atoms with E-state index in [-0.39, 0.29) is 23.7 Å². The first kappa shape index (κ1) is 19.6. The minimum atomic E-state index is -0.795. The third-order valence-corrected chi connectivity index (χ3v) is 5.22. The molecule has 6 nitrogen and oxygen atoms in total. The number of likely N-dealkylation sites (tertiary alicyclic amines) is 1. The van der Waals surface area contributed by atoms with Crippen molar-refractivity contribution in [3.8, 4) is 0 Å². The number of carboxylic acid groups (broad SMARTS) is 1. The molecule has 146 valence electrons. The van der Waals surface area contributed by atoms with Crippen LogP contribution in [0.1, 0.15) is 41.6 Å². The standard InChI is InChI=1S/C22H24N2O4/c1-15(16-5-3-2-4-6-16)20(25)23-19-9-7-17(8-10-19)21(26)24-13-11-18(12-14-24)22(27)28/h2-10,15,18H,11-14H2,1H3,(H,23,25)(H,27,28)/t15-/m0/s1. The van der Waals surface area contributed by atoms with Crippen molar-refractivity contribution in [2.45, 2.75) is 25.7 Å². The summed E-state index contributed by atoms with van der Waals surface area (Å²) in [6.45, 7) is 2.75. The summed E-state index contributed by atoms with van der Waals surface area (Å²) in [5, 5.41) is 11.9. The van der Waals surface area contributed by atoms with Crippen molar-refractivity contribution >= 4 is 23.5 Å². The van der Waals surface area contributed by atoms with Crippen LogP contribution in [0.2, 0.25) is 0 Å². The van der Waals surface area contributed by atoms with E-state index in [1.807, 2.05) is 37.3 Å². The highest BCUT2D eigenvalue weighted by molar-refractivity contribution is 5.97. The van der Waals surface area contributed by atoms with Crippen LogP contribution < -0.4 is 5.32 Å². The molecule has 2 aromatic rings. The molecule has 2 amide bonds. The Hall–Kier alpha value is -3.15. The van der Waals surface area contributed by atoms with Gasteiger partial charge in [-0.25, -0.2) is 0 Å². The van der Waals surface area contributed by atoms with Gasteiger partial charge in [0.15, 0.2) is 0 Å². The van der Waals surface area contributed by atoms with Gasteiger partial charge >= 0.3 is 5.97 Å². The average Bonchev–Trinajstić information content (AvgIpc) is 2.74. The van der Waals surface area contributed by atoms with E-state index in [0.717, 1.165) is 5.56 Å². The summed E-state index contributed by atoms with van der Waals surface area (Å²) in [6.07, 6.45) is 0.958. The number of carboxylic acids is 1. The van der Waals surface area contributed by atoms with Crippen molar-refractivity contribution in [3.63, 3.8) is 0 Å². The Bertz CT molecular complexity index is 841. The molecule has 0 bridgehead atoms. The van der Waals surface area contributed by atoms with Crippen LogP contribution in [0.25, 0.3) is 0 Å². The van der Waals surface area contributed by atoms with E-state index in [2.05, 4.69) is 5.32 Å². The minimum Gasteiger partial charge on any atom is -0.481 e. The van der Waals surface area contributed by atoms with Gasteiger partial charge in [-0.1, -0.05) is 30.3 Å². The maximum Gasteiger partial charge on any atom is 0.306 e. The molecule has 0 aromatic heterocycles. The van der Waals surface area contributed by atoms with Gasteiger partial charge in [0.2, 0.25) is 5.91 Å². The Morgan fingerprint density at radius 3 is 2.18 bits per heavy atom. The van der Waals surface area contributed by atoms with Crippen molar-refractivity contribution in [2.75, 3.05) is 18.4 Å². The van der Waals surface area contributed by atoms with E-state index in [0.29, 0.717) is 37.2 Å². The van der Waals surface area contributed by atoms with Crippen LogP contribution in [0.5, 0.6) is 0 Å². The SMILES string of the molecule is C[C@H](C(=O)Nc1ccc(C(=O)N2CCC(C(=O)O)CC2)cc1)c1ccccc1. The molecule has 1 atom stereocenters. The number of nitrogens with zero attached hydrogens (tertiary/aromatic N) is 1. The largest absolute Gasteiger partial charge is 0.481 e. The number of piperidine rings is 1. The van der Waals surface area contributed by atoms with E-state index in [4.69, 9.17) is 5.11 Å². The molecule has 1 aliphatic rings. The zero-order valence-electron chi connectivity index (χ0n) is 15.8. The molecule has 0 aliphatic carbocycles. The third-order valence-electron chi connectivity index (χ3n) is 5.22. The number of benzene rings is 2. The molecule has 0 saturated carbocycles. The molecule has 1 fully saturated rings. The minimum absolute atomic E-state index is 0.110. The molecule has 1 heterocycles. The summed E-state index contributed by atoms with van der Waals surface area (Å²) in [5.74, 6) is -1.66. The average molecular weight is 380 g/mol. The smallest absolute Gasteiger partial charge is 0.306 e. The van der Waals surface area contributed by atoms with Crippen LogP contribution >= 0.6 is 0 Å². The van der Waals surface area contributed by atoms with Gasteiger partial charge in [0.05, 0.1) is 11.8 Å². The number of hydrogen-bond acceptors (Lipinski definition) is 3. The molecule has 28 heavy (non-hydrogen) atoms. The van der Waals surface area contributed by atoms with Gasteiger partial charge in [-0.2, -0.15) is 0 Å². The fraction of sp³-hybridized carbons (Fsp3) is 0.318. The zero-order valence-corrected chi connectivity index (χ0v) is 15.8. The second-order valence-corrected chi connectivity index (χ2v) is 7.10. The van der Waals surface area contributed by atoms with Crippen LogP contribution in [-0.2, 0) is 9.59 Å². The van der Waals surface area contributed by atoms with Gasteiger partial charge in [0.25, 0.3) is 5.91 Å². The number of carbonyl (C=O) groups is 3. The van der Waals surface area contributed by atoms with E-state index in [1.54, 1.807) is 29.2 Å². The highest BCUT2D eigenvalue weighted by atomic mass is 16.4. The summed E-state index contributed by atoms with van der Waals surface area (Å²) in [5.41, 5.74) is 2.10. The normalized spacial score (nSPS) is 15.7. The lowest BCUT2D eigenvalue weighted by atomic mass is 9.96. The number of rotatable bonds is 5. The molecule has 2 N–H and O–H groups in total. The Balaban J connectivity index is 1.58. The molecule has 1 aliphatic heterocycles. The van der Waals surface area contributed by atoms with Crippen LogP contribution in [-0.4, -0.2) is 40.9 Å². The summed E-state index contributed by atoms with van der Waals surface area (Å²) in [6, 6.07) is 16.4. The quantitative estimate of drug-likeness (QED) is 0.833. The first-order chi connectivity index (χ1) is 13.5. The lowest BCUT2D eigenvalue weighted by Crippen LogP contribution is -2.40. The predicted octanol–water partition coefficient (Wildman–Crippen LogP) is 3.37. The van der Waals surface area contributed by atoms with E-state index < -0.39 is 5.97 Å². The number of carbonyl (C=O) groups excluding carboxylic acids is 2. The van der Waals surface area contributed by atoms with E-state index in [1.165, 1.54) is 0 Å². The summed E-state index contributed by atoms with van der Waals surface area (Å²) in [7, 11) is 0. The first-order valence-electron chi connectivity index (χ1n) is 9.43. The molecule has 0 unspecified atom stereocenters. The predicted molar refractivity (Wildman–Crippen MR) is 106 cm³/mol. The maximum atomic E-state index is 12.6. The topological polar surface area (TPSA) is 86.7 Å². The number of hydrogen-bond donors (Lipinski definition) is 2. The van der Waals surface area contributed by atoms with Crippen LogP contribution in [0, 0.1) is 5.92 Å². The van der Waals surface area contributed by atoms with Gasteiger partial charge in [0, 0.05) is 24.3 Å². The number of nitrogens with one attached hydrogen (secondary N) is 1. The first-order valence-corrected chi connectivity index (χ1v) is 9.43. The second kappa shape index (κ2) is 8.69.